The summed E-state index contributed by atoms with van der Waals surface area (Å²) in [5.74, 6) is 0.493. The number of carbonyl (C=O) groups excluding carboxylic acids is 1. The van der Waals surface area contributed by atoms with E-state index in [0.717, 1.165) is 56.1 Å². The molecule has 2 rings (SSSR count). The average molecular weight is 447 g/mol. The van der Waals surface area contributed by atoms with Crippen LogP contribution in [0.2, 0.25) is 0 Å². The summed E-state index contributed by atoms with van der Waals surface area (Å²) in [6.45, 7) is 8.91. The van der Waals surface area contributed by atoms with Gasteiger partial charge in [0.1, 0.15) is 0 Å². The van der Waals surface area contributed by atoms with Gasteiger partial charge in [-0.15, -0.1) is 0 Å². The van der Waals surface area contributed by atoms with Crippen molar-refractivity contribution in [3.05, 3.63) is 58.3 Å². The third-order valence-electron chi connectivity index (χ3n) is 5.38. The van der Waals surface area contributed by atoms with E-state index < -0.39 is 0 Å². The molecule has 1 aromatic heterocycles. The van der Waals surface area contributed by atoms with Crippen LogP contribution >= 0.6 is 15.9 Å². The largest absolute Gasteiger partial charge is 0.345 e. The second kappa shape index (κ2) is 12.1. The first-order chi connectivity index (χ1) is 13.6. The number of hydrogen-bond donors (Lipinski definition) is 0. The van der Waals surface area contributed by atoms with Crippen molar-refractivity contribution in [2.45, 2.75) is 72.4 Å². The van der Waals surface area contributed by atoms with E-state index in [4.69, 9.17) is 0 Å². The fourth-order valence-electron chi connectivity index (χ4n) is 3.56. The van der Waals surface area contributed by atoms with E-state index in [-0.39, 0.29) is 5.92 Å². The van der Waals surface area contributed by atoms with Gasteiger partial charge < -0.3 is 9.47 Å². The Balaban J connectivity index is 2.12. The molecule has 1 amide bonds. The molecule has 4 heteroatoms. The summed E-state index contributed by atoms with van der Waals surface area (Å²) in [5.41, 5.74) is 2.47. The SMILES string of the molecule is CCCCC(CC)C(=O)N(CCCC)Cc1cccn1Cc1ccc(Br)cc1. The van der Waals surface area contributed by atoms with Crippen LogP contribution in [-0.2, 0) is 17.9 Å². The summed E-state index contributed by atoms with van der Waals surface area (Å²) in [5, 5.41) is 0. The van der Waals surface area contributed by atoms with Crippen LogP contribution in [0, 0.1) is 5.92 Å². The zero-order chi connectivity index (χ0) is 20.4. The second-order valence-electron chi connectivity index (χ2n) is 7.61. The molecule has 0 bridgehead atoms. The van der Waals surface area contributed by atoms with E-state index in [9.17, 15) is 4.79 Å². The number of benzene rings is 1. The van der Waals surface area contributed by atoms with E-state index in [1.165, 1.54) is 11.3 Å². The number of unbranched alkanes of at least 4 members (excludes halogenated alkanes) is 2. The third-order valence-corrected chi connectivity index (χ3v) is 5.91. The summed E-state index contributed by atoms with van der Waals surface area (Å²) in [7, 11) is 0. The maximum absolute atomic E-state index is 13.2. The predicted molar refractivity (Wildman–Crippen MR) is 121 cm³/mol. The minimum atomic E-state index is 0.159. The van der Waals surface area contributed by atoms with Crippen LogP contribution < -0.4 is 0 Å². The molecule has 28 heavy (non-hydrogen) atoms. The van der Waals surface area contributed by atoms with Gasteiger partial charge in [-0.25, -0.2) is 0 Å². The van der Waals surface area contributed by atoms with Gasteiger partial charge in [0.2, 0.25) is 5.91 Å². The molecule has 0 saturated heterocycles. The summed E-state index contributed by atoms with van der Waals surface area (Å²) < 4.78 is 3.36. The van der Waals surface area contributed by atoms with Crippen molar-refractivity contribution >= 4 is 21.8 Å². The monoisotopic (exact) mass is 446 g/mol. The standard InChI is InChI=1S/C24H35BrN2O/c1-4-7-10-21(6-3)24(28)27(16-8-5-2)19-23-11-9-17-26(23)18-20-12-14-22(25)15-13-20/h9,11-15,17,21H,4-8,10,16,18-19H2,1-3H3. The normalized spacial score (nSPS) is 12.1. The molecule has 154 valence electrons. The molecule has 0 radical (unpaired) electrons. The molecular formula is C24H35BrN2O. The quantitative estimate of drug-likeness (QED) is 0.358. The molecule has 3 nitrogen and oxygen atoms in total. The zero-order valence-electron chi connectivity index (χ0n) is 17.7. The van der Waals surface area contributed by atoms with Gasteiger partial charge >= 0.3 is 0 Å². The fraction of sp³-hybridized carbons (Fsp3) is 0.542. The van der Waals surface area contributed by atoms with E-state index in [2.05, 4.69) is 88.8 Å². The summed E-state index contributed by atoms with van der Waals surface area (Å²) in [6.07, 6.45) is 8.50. The minimum absolute atomic E-state index is 0.159. The Kier molecular flexibility index (Phi) is 9.83. The van der Waals surface area contributed by atoms with Gasteiger partial charge in [-0.3, -0.25) is 4.79 Å². The van der Waals surface area contributed by atoms with Crippen LogP contribution in [0.1, 0.15) is 70.6 Å². The topological polar surface area (TPSA) is 25.2 Å². The van der Waals surface area contributed by atoms with Crippen molar-refractivity contribution in [2.24, 2.45) is 5.92 Å². The number of rotatable bonds is 12. The molecule has 1 heterocycles. The Bertz CT molecular complexity index is 708. The lowest BCUT2D eigenvalue weighted by atomic mass is 9.97. The maximum Gasteiger partial charge on any atom is 0.226 e. The Hall–Kier alpha value is -1.55. The first kappa shape index (κ1) is 22.7. The highest BCUT2D eigenvalue weighted by atomic mass is 79.9. The molecule has 1 aromatic carbocycles. The van der Waals surface area contributed by atoms with Crippen molar-refractivity contribution in [3.8, 4) is 0 Å². The Labute approximate surface area is 179 Å². The molecule has 1 unspecified atom stereocenters. The highest BCUT2D eigenvalue weighted by Crippen LogP contribution is 2.19. The Morgan fingerprint density at radius 3 is 2.43 bits per heavy atom. The van der Waals surface area contributed by atoms with Crippen molar-refractivity contribution in [1.29, 1.82) is 0 Å². The smallest absolute Gasteiger partial charge is 0.226 e. The first-order valence-corrected chi connectivity index (χ1v) is 11.6. The van der Waals surface area contributed by atoms with Gasteiger partial charge in [0.05, 0.1) is 6.54 Å². The fourth-order valence-corrected chi connectivity index (χ4v) is 3.82. The zero-order valence-corrected chi connectivity index (χ0v) is 19.2. The van der Waals surface area contributed by atoms with Crippen LogP contribution in [0.4, 0.5) is 0 Å². The highest BCUT2D eigenvalue weighted by Gasteiger charge is 2.23. The predicted octanol–water partition coefficient (Wildman–Crippen LogP) is 6.64. The summed E-state index contributed by atoms with van der Waals surface area (Å²) >= 11 is 3.50. The highest BCUT2D eigenvalue weighted by molar-refractivity contribution is 9.10. The van der Waals surface area contributed by atoms with Gasteiger partial charge in [-0.2, -0.15) is 0 Å². The molecular weight excluding hydrogens is 412 g/mol. The molecule has 0 fully saturated rings. The van der Waals surface area contributed by atoms with Gasteiger partial charge in [0.25, 0.3) is 0 Å². The van der Waals surface area contributed by atoms with Crippen LogP contribution in [0.5, 0.6) is 0 Å². The molecule has 0 aliphatic heterocycles. The van der Waals surface area contributed by atoms with Gasteiger partial charge in [-0.05, 0) is 49.1 Å². The van der Waals surface area contributed by atoms with Crippen molar-refractivity contribution in [3.63, 3.8) is 0 Å². The van der Waals surface area contributed by atoms with Crippen LogP contribution in [0.25, 0.3) is 0 Å². The molecule has 0 saturated carbocycles. The molecule has 0 aliphatic rings. The number of amides is 1. The number of halogens is 1. The molecule has 0 N–H and O–H groups in total. The Morgan fingerprint density at radius 2 is 1.79 bits per heavy atom. The van der Waals surface area contributed by atoms with Crippen LogP contribution in [0.15, 0.2) is 47.1 Å². The first-order valence-electron chi connectivity index (χ1n) is 10.8. The lowest BCUT2D eigenvalue weighted by molar-refractivity contribution is -0.136. The number of aromatic nitrogens is 1. The minimum Gasteiger partial charge on any atom is -0.345 e. The Morgan fingerprint density at radius 1 is 1.07 bits per heavy atom. The molecule has 1 atom stereocenters. The maximum atomic E-state index is 13.2. The van der Waals surface area contributed by atoms with E-state index in [1.54, 1.807) is 0 Å². The average Bonchev–Trinajstić information content (AvgIpc) is 3.13. The van der Waals surface area contributed by atoms with Crippen molar-refractivity contribution in [1.82, 2.24) is 9.47 Å². The van der Waals surface area contributed by atoms with Crippen molar-refractivity contribution in [2.75, 3.05) is 6.54 Å². The van der Waals surface area contributed by atoms with Crippen LogP contribution in [-0.4, -0.2) is 21.9 Å². The van der Waals surface area contributed by atoms with Gasteiger partial charge in [0, 0.05) is 35.4 Å². The van der Waals surface area contributed by atoms with Crippen molar-refractivity contribution < 1.29 is 4.79 Å². The van der Waals surface area contributed by atoms with E-state index >= 15 is 0 Å². The molecule has 0 aliphatic carbocycles. The van der Waals surface area contributed by atoms with Crippen LogP contribution in [0.3, 0.4) is 0 Å². The van der Waals surface area contributed by atoms with E-state index in [0.29, 0.717) is 12.5 Å². The lowest BCUT2D eigenvalue weighted by Crippen LogP contribution is -2.37. The summed E-state index contributed by atoms with van der Waals surface area (Å²) in [4.78, 5) is 15.3. The number of carbonyl (C=O) groups is 1. The van der Waals surface area contributed by atoms with Gasteiger partial charge in [-0.1, -0.05) is 68.1 Å². The summed E-state index contributed by atoms with van der Waals surface area (Å²) in [6, 6.07) is 12.7. The number of nitrogens with zero attached hydrogens (tertiary/aromatic N) is 2. The van der Waals surface area contributed by atoms with E-state index in [1.807, 2.05) is 0 Å². The lowest BCUT2D eigenvalue weighted by Gasteiger charge is -2.27. The number of hydrogen-bond acceptors (Lipinski definition) is 1. The second-order valence-corrected chi connectivity index (χ2v) is 8.53. The van der Waals surface area contributed by atoms with Gasteiger partial charge in [0.15, 0.2) is 0 Å². The third kappa shape index (κ3) is 6.80. The molecule has 0 spiro atoms. The molecule has 2 aromatic rings.